The van der Waals surface area contributed by atoms with Crippen LogP contribution in [0.15, 0.2) is 22.7 Å². The highest BCUT2D eigenvalue weighted by molar-refractivity contribution is 9.10. The smallest absolute Gasteiger partial charge is 0.350 e. The number of benzene rings is 1. The molecule has 1 aromatic carbocycles. The van der Waals surface area contributed by atoms with E-state index in [0.29, 0.717) is 0 Å². The standard InChI is InChI=1S/C13H15BrF3NO/c1-3-4-8(2)18-12(19)9-5-6-11(14)10(7-9)13(15,16)17/h5-8H,3-4H2,1-2H3,(H,18,19). The second-order valence-electron chi connectivity index (χ2n) is 4.36. The van der Waals surface area contributed by atoms with Gasteiger partial charge in [-0.05, 0) is 31.5 Å². The fourth-order valence-corrected chi connectivity index (χ4v) is 2.17. The van der Waals surface area contributed by atoms with E-state index in [2.05, 4.69) is 21.2 Å². The van der Waals surface area contributed by atoms with Crippen LogP contribution in [0, 0.1) is 0 Å². The number of nitrogens with one attached hydrogen (secondary N) is 1. The van der Waals surface area contributed by atoms with E-state index >= 15 is 0 Å². The number of alkyl halides is 3. The van der Waals surface area contributed by atoms with Gasteiger partial charge in [0.15, 0.2) is 0 Å². The quantitative estimate of drug-likeness (QED) is 0.867. The Kier molecular flexibility index (Phi) is 5.40. The van der Waals surface area contributed by atoms with E-state index in [1.165, 1.54) is 12.1 Å². The van der Waals surface area contributed by atoms with Crippen molar-refractivity contribution < 1.29 is 18.0 Å². The van der Waals surface area contributed by atoms with E-state index in [0.717, 1.165) is 18.9 Å². The van der Waals surface area contributed by atoms with Gasteiger partial charge in [0.1, 0.15) is 0 Å². The molecule has 19 heavy (non-hydrogen) atoms. The highest BCUT2D eigenvalue weighted by Crippen LogP contribution is 2.35. The van der Waals surface area contributed by atoms with Crippen molar-refractivity contribution in [2.75, 3.05) is 0 Å². The summed E-state index contributed by atoms with van der Waals surface area (Å²) in [6, 6.07) is 3.41. The Balaban J connectivity index is 2.93. The summed E-state index contributed by atoms with van der Waals surface area (Å²) in [5.74, 6) is -0.487. The van der Waals surface area contributed by atoms with Crippen LogP contribution in [-0.2, 0) is 6.18 Å². The lowest BCUT2D eigenvalue weighted by atomic mass is 10.1. The predicted octanol–water partition coefficient (Wildman–Crippen LogP) is 4.39. The molecule has 0 saturated heterocycles. The number of hydrogen-bond acceptors (Lipinski definition) is 1. The highest BCUT2D eigenvalue weighted by Gasteiger charge is 2.33. The highest BCUT2D eigenvalue weighted by atomic mass is 79.9. The molecule has 0 aliphatic rings. The summed E-state index contributed by atoms with van der Waals surface area (Å²) in [4.78, 5) is 11.8. The minimum absolute atomic E-state index is 0.0125. The third kappa shape index (κ3) is 4.53. The first kappa shape index (κ1) is 16.0. The molecule has 0 bridgehead atoms. The zero-order valence-corrected chi connectivity index (χ0v) is 12.2. The van der Waals surface area contributed by atoms with Gasteiger partial charge in [-0.25, -0.2) is 0 Å². The lowest BCUT2D eigenvalue weighted by molar-refractivity contribution is -0.138. The minimum atomic E-state index is -4.48. The number of hydrogen-bond donors (Lipinski definition) is 1. The fraction of sp³-hybridized carbons (Fsp3) is 0.462. The van der Waals surface area contributed by atoms with Crippen molar-refractivity contribution in [3.8, 4) is 0 Å². The Bertz CT molecular complexity index is 460. The van der Waals surface area contributed by atoms with Gasteiger partial charge in [0, 0.05) is 16.1 Å². The molecule has 106 valence electrons. The maximum absolute atomic E-state index is 12.7. The normalized spacial score (nSPS) is 13.2. The van der Waals surface area contributed by atoms with Gasteiger partial charge in [-0.1, -0.05) is 29.3 Å². The molecule has 0 aliphatic carbocycles. The van der Waals surface area contributed by atoms with E-state index < -0.39 is 17.6 Å². The van der Waals surface area contributed by atoms with Gasteiger partial charge >= 0.3 is 6.18 Å². The Morgan fingerprint density at radius 1 is 1.42 bits per heavy atom. The largest absolute Gasteiger partial charge is 0.417 e. The van der Waals surface area contributed by atoms with Gasteiger partial charge < -0.3 is 5.32 Å². The van der Waals surface area contributed by atoms with Crippen LogP contribution in [0.1, 0.15) is 42.6 Å². The van der Waals surface area contributed by atoms with Crippen LogP contribution < -0.4 is 5.32 Å². The fourth-order valence-electron chi connectivity index (χ4n) is 1.70. The van der Waals surface area contributed by atoms with Gasteiger partial charge in [-0.15, -0.1) is 0 Å². The lowest BCUT2D eigenvalue weighted by Crippen LogP contribution is -2.32. The second kappa shape index (κ2) is 6.41. The van der Waals surface area contributed by atoms with Gasteiger partial charge in [0.25, 0.3) is 5.91 Å². The Morgan fingerprint density at radius 2 is 2.05 bits per heavy atom. The summed E-state index contributed by atoms with van der Waals surface area (Å²) in [5, 5.41) is 2.67. The number of halogens is 4. The Labute approximate surface area is 118 Å². The Hall–Kier alpha value is -1.04. The van der Waals surface area contributed by atoms with Crippen molar-refractivity contribution in [1.82, 2.24) is 5.32 Å². The lowest BCUT2D eigenvalue weighted by Gasteiger charge is -2.14. The number of carbonyl (C=O) groups is 1. The van der Waals surface area contributed by atoms with Crippen LogP contribution in [0.25, 0.3) is 0 Å². The van der Waals surface area contributed by atoms with E-state index in [1.807, 2.05) is 13.8 Å². The Morgan fingerprint density at radius 3 is 2.58 bits per heavy atom. The predicted molar refractivity (Wildman–Crippen MR) is 71.0 cm³/mol. The van der Waals surface area contributed by atoms with Crippen LogP contribution in [-0.4, -0.2) is 11.9 Å². The maximum atomic E-state index is 12.7. The third-order valence-corrected chi connectivity index (χ3v) is 3.32. The van der Waals surface area contributed by atoms with Crippen LogP contribution in [0.4, 0.5) is 13.2 Å². The molecule has 6 heteroatoms. The monoisotopic (exact) mass is 337 g/mol. The van der Waals surface area contributed by atoms with Crippen LogP contribution >= 0.6 is 15.9 Å². The maximum Gasteiger partial charge on any atom is 0.417 e. The molecule has 0 aromatic heterocycles. The number of amides is 1. The molecule has 0 fully saturated rings. The summed E-state index contributed by atoms with van der Waals surface area (Å²) in [7, 11) is 0. The molecule has 0 radical (unpaired) electrons. The minimum Gasteiger partial charge on any atom is -0.350 e. The van der Waals surface area contributed by atoms with E-state index in [1.54, 1.807) is 0 Å². The van der Waals surface area contributed by atoms with Crippen molar-refractivity contribution in [3.63, 3.8) is 0 Å². The van der Waals surface area contributed by atoms with Gasteiger partial charge in [-0.3, -0.25) is 4.79 Å². The molecule has 0 saturated carbocycles. The van der Waals surface area contributed by atoms with E-state index in [-0.39, 0.29) is 16.1 Å². The topological polar surface area (TPSA) is 29.1 Å². The van der Waals surface area contributed by atoms with E-state index in [4.69, 9.17) is 0 Å². The zero-order valence-electron chi connectivity index (χ0n) is 10.6. The number of rotatable bonds is 4. The molecule has 1 N–H and O–H groups in total. The second-order valence-corrected chi connectivity index (χ2v) is 5.21. The van der Waals surface area contributed by atoms with Gasteiger partial charge in [0.2, 0.25) is 0 Å². The average molecular weight is 338 g/mol. The van der Waals surface area contributed by atoms with Crippen LogP contribution in [0.2, 0.25) is 0 Å². The first-order valence-corrected chi connectivity index (χ1v) is 6.72. The molecular formula is C13H15BrF3NO. The molecule has 1 aromatic rings. The number of carbonyl (C=O) groups excluding carboxylic acids is 1. The van der Waals surface area contributed by atoms with Crippen LogP contribution in [0.5, 0.6) is 0 Å². The van der Waals surface area contributed by atoms with Gasteiger partial charge in [0.05, 0.1) is 5.56 Å². The van der Waals surface area contributed by atoms with Crippen molar-refractivity contribution in [2.24, 2.45) is 0 Å². The summed E-state index contributed by atoms with van der Waals surface area (Å²) < 4.78 is 38.1. The molecule has 2 nitrogen and oxygen atoms in total. The molecule has 0 spiro atoms. The first-order valence-electron chi connectivity index (χ1n) is 5.93. The van der Waals surface area contributed by atoms with Crippen molar-refractivity contribution >= 4 is 21.8 Å². The molecule has 0 aliphatic heterocycles. The molecule has 1 rings (SSSR count). The zero-order chi connectivity index (χ0) is 14.6. The van der Waals surface area contributed by atoms with Crippen molar-refractivity contribution in [2.45, 2.75) is 38.9 Å². The van der Waals surface area contributed by atoms with Crippen LogP contribution in [0.3, 0.4) is 0 Å². The first-order chi connectivity index (χ1) is 8.75. The van der Waals surface area contributed by atoms with Crippen molar-refractivity contribution in [3.05, 3.63) is 33.8 Å². The van der Waals surface area contributed by atoms with E-state index in [9.17, 15) is 18.0 Å². The molecular weight excluding hydrogens is 323 g/mol. The average Bonchev–Trinajstić information content (AvgIpc) is 2.27. The van der Waals surface area contributed by atoms with Gasteiger partial charge in [-0.2, -0.15) is 13.2 Å². The molecule has 1 amide bonds. The summed E-state index contributed by atoms with van der Waals surface area (Å²) in [5.41, 5.74) is -0.832. The SMILES string of the molecule is CCCC(C)NC(=O)c1ccc(Br)c(C(F)(F)F)c1. The molecule has 1 unspecified atom stereocenters. The molecule has 1 atom stereocenters. The summed E-state index contributed by atoms with van der Waals surface area (Å²) in [6.07, 6.45) is -2.80. The van der Waals surface area contributed by atoms with Crippen molar-refractivity contribution in [1.29, 1.82) is 0 Å². The summed E-state index contributed by atoms with van der Waals surface area (Å²) in [6.45, 7) is 3.80. The summed E-state index contributed by atoms with van der Waals surface area (Å²) >= 11 is 2.84. The molecule has 0 heterocycles. The third-order valence-electron chi connectivity index (χ3n) is 2.63.